The second-order valence-electron chi connectivity index (χ2n) is 5.53. The third-order valence-corrected chi connectivity index (χ3v) is 3.82. The highest BCUT2D eigenvalue weighted by atomic mass is 16.1. The van der Waals surface area contributed by atoms with Gasteiger partial charge in [-0.2, -0.15) is 0 Å². The molecule has 3 rings (SSSR count). The van der Waals surface area contributed by atoms with E-state index < -0.39 is 0 Å². The molecular weight excluding hydrogens is 262 g/mol. The largest absolute Gasteiger partial charge is 0.357 e. The van der Waals surface area contributed by atoms with Crippen LogP contribution in [0.3, 0.4) is 0 Å². The summed E-state index contributed by atoms with van der Waals surface area (Å²) >= 11 is 0. The van der Waals surface area contributed by atoms with Gasteiger partial charge in [0.05, 0.1) is 11.0 Å². The lowest BCUT2D eigenvalue weighted by Crippen LogP contribution is -2.32. The molecule has 4 nitrogen and oxygen atoms in total. The van der Waals surface area contributed by atoms with E-state index in [0.717, 1.165) is 33.9 Å². The van der Waals surface area contributed by atoms with Crippen molar-refractivity contribution < 1.29 is 4.79 Å². The van der Waals surface area contributed by atoms with Gasteiger partial charge in [-0.3, -0.25) is 4.79 Å². The lowest BCUT2D eigenvalue weighted by Gasteiger charge is -2.09. The Balaban J connectivity index is 2.09. The van der Waals surface area contributed by atoms with E-state index in [-0.39, 0.29) is 11.9 Å². The first-order chi connectivity index (χ1) is 10.1. The Labute approximate surface area is 123 Å². The van der Waals surface area contributed by atoms with Crippen LogP contribution in [0, 0.1) is 6.92 Å². The fourth-order valence-electron chi connectivity index (χ4n) is 2.40. The van der Waals surface area contributed by atoms with Crippen LogP contribution in [0.5, 0.6) is 0 Å². The number of nitrogens with zero attached hydrogens (tertiary/aromatic N) is 1. The van der Waals surface area contributed by atoms with Gasteiger partial charge < -0.3 is 10.3 Å². The number of benzene rings is 1. The summed E-state index contributed by atoms with van der Waals surface area (Å²) in [4.78, 5) is 20.1. The quantitative estimate of drug-likeness (QED) is 0.771. The van der Waals surface area contributed by atoms with E-state index in [9.17, 15) is 4.79 Å². The number of amides is 1. The van der Waals surface area contributed by atoms with Crippen LogP contribution >= 0.6 is 0 Å². The number of hydrogen-bond acceptors (Lipinski definition) is 2. The van der Waals surface area contributed by atoms with Crippen molar-refractivity contribution in [1.29, 1.82) is 0 Å². The smallest absolute Gasteiger partial charge is 0.270 e. The summed E-state index contributed by atoms with van der Waals surface area (Å²) in [6.45, 7) is 6.05. The zero-order valence-corrected chi connectivity index (χ0v) is 12.5. The molecule has 1 amide bonds. The molecular formula is C17H19N3O. The van der Waals surface area contributed by atoms with Crippen molar-refractivity contribution in [2.75, 3.05) is 0 Å². The topological polar surface area (TPSA) is 57.8 Å². The van der Waals surface area contributed by atoms with Gasteiger partial charge >= 0.3 is 0 Å². The molecule has 1 atom stereocenters. The number of fused-ring (bicyclic) bond motifs is 3. The van der Waals surface area contributed by atoms with Crippen LogP contribution in [-0.2, 0) is 0 Å². The van der Waals surface area contributed by atoms with Crippen molar-refractivity contribution in [3.05, 3.63) is 41.7 Å². The number of carbonyl (C=O) groups excluding carboxylic acids is 1. The van der Waals surface area contributed by atoms with Crippen LogP contribution in [0.15, 0.2) is 30.3 Å². The molecule has 0 spiro atoms. The van der Waals surface area contributed by atoms with Crippen LogP contribution in [0.4, 0.5) is 0 Å². The second kappa shape index (κ2) is 5.20. The number of aromatic amines is 1. The average molecular weight is 281 g/mol. The molecule has 0 saturated heterocycles. The molecule has 21 heavy (non-hydrogen) atoms. The maximum Gasteiger partial charge on any atom is 0.270 e. The number of pyridine rings is 1. The van der Waals surface area contributed by atoms with Gasteiger partial charge in [-0.1, -0.05) is 25.1 Å². The molecule has 0 aliphatic rings. The van der Waals surface area contributed by atoms with Gasteiger partial charge in [-0.25, -0.2) is 4.98 Å². The maximum atomic E-state index is 12.2. The fraction of sp³-hybridized carbons (Fsp3) is 0.294. The highest BCUT2D eigenvalue weighted by Crippen LogP contribution is 2.24. The zero-order chi connectivity index (χ0) is 15.0. The van der Waals surface area contributed by atoms with Crippen molar-refractivity contribution in [3.8, 4) is 0 Å². The normalized spacial score (nSPS) is 12.7. The van der Waals surface area contributed by atoms with Crippen molar-refractivity contribution in [2.24, 2.45) is 0 Å². The monoisotopic (exact) mass is 281 g/mol. The van der Waals surface area contributed by atoms with Gasteiger partial charge in [0.15, 0.2) is 0 Å². The average Bonchev–Trinajstić information content (AvgIpc) is 2.91. The molecule has 0 aliphatic heterocycles. The van der Waals surface area contributed by atoms with Gasteiger partial charge in [0.25, 0.3) is 5.91 Å². The fourth-order valence-corrected chi connectivity index (χ4v) is 2.40. The van der Waals surface area contributed by atoms with Crippen molar-refractivity contribution in [3.63, 3.8) is 0 Å². The predicted molar refractivity (Wildman–Crippen MR) is 85.6 cm³/mol. The minimum Gasteiger partial charge on any atom is -0.357 e. The van der Waals surface area contributed by atoms with Crippen LogP contribution < -0.4 is 5.32 Å². The molecule has 0 unspecified atom stereocenters. The Morgan fingerprint density at radius 2 is 2.00 bits per heavy atom. The molecule has 2 N–H and O–H groups in total. The molecule has 2 heterocycles. The number of H-pyrrole nitrogens is 1. The van der Waals surface area contributed by atoms with Crippen LogP contribution in [0.25, 0.3) is 21.8 Å². The van der Waals surface area contributed by atoms with Crippen LogP contribution in [0.2, 0.25) is 0 Å². The van der Waals surface area contributed by atoms with E-state index in [1.165, 1.54) is 0 Å². The Kier molecular flexibility index (Phi) is 3.37. The molecule has 1 aromatic carbocycles. The van der Waals surface area contributed by atoms with Crippen molar-refractivity contribution >= 4 is 27.7 Å². The standard InChI is InChI=1S/C17H19N3O/c1-4-10(2)19-17(21)14-9-13-8-7-12-6-5-11(3)18-15(12)16(13)20-14/h5-10,18H,4H2,1-3H3,(H,19,21)/t10-/m1/s1. The molecule has 0 fully saturated rings. The molecule has 2 aromatic heterocycles. The number of rotatable bonds is 3. The SMILES string of the molecule is CC[C@@H](C)NC(=O)c1cc2ccc3ccc(C)[nH]c3c2n1. The van der Waals surface area contributed by atoms with E-state index >= 15 is 0 Å². The van der Waals surface area contributed by atoms with Gasteiger partial charge in [0.1, 0.15) is 5.69 Å². The third kappa shape index (κ3) is 2.49. The summed E-state index contributed by atoms with van der Waals surface area (Å²) in [5, 5.41) is 5.04. The van der Waals surface area contributed by atoms with Gasteiger partial charge in [-0.15, -0.1) is 0 Å². The molecule has 0 saturated carbocycles. The Bertz CT molecular complexity index is 819. The van der Waals surface area contributed by atoms with Crippen LogP contribution in [0.1, 0.15) is 36.5 Å². The minimum atomic E-state index is -0.110. The lowest BCUT2D eigenvalue weighted by molar-refractivity contribution is 0.0935. The highest BCUT2D eigenvalue weighted by Gasteiger charge is 2.14. The van der Waals surface area contributed by atoms with E-state index in [0.29, 0.717) is 5.69 Å². The second-order valence-corrected chi connectivity index (χ2v) is 5.53. The first-order valence-corrected chi connectivity index (χ1v) is 7.28. The number of carbonyl (C=O) groups is 1. The summed E-state index contributed by atoms with van der Waals surface area (Å²) in [6.07, 6.45) is 0.905. The van der Waals surface area contributed by atoms with Crippen molar-refractivity contribution in [2.45, 2.75) is 33.2 Å². The molecule has 3 aromatic rings. The van der Waals surface area contributed by atoms with E-state index in [4.69, 9.17) is 0 Å². The minimum absolute atomic E-state index is 0.110. The predicted octanol–water partition coefficient (Wildman–Crippen LogP) is 3.55. The molecule has 0 bridgehead atoms. The van der Waals surface area contributed by atoms with E-state index in [2.05, 4.69) is 21.4 Å². The summed E-state index contributed by atoms with van der Waals surface area (Å²) < 4.78 is 0. The molecule has 0 aliphatic carbocycles. The van der Waals surface area contributed by atoms with Gasteiger partial charge in [-0.05, 0) is 32.4 Å². The molecule has 4 heteroatoms. The third-order valence-electron chi connectivity index (χ3n) is 3.82. The van der Waals surface area contributed by atoms with Crippen molar-refractivity contribution in [1.82, 2.24) is 15.3 Å². The first kappa shape index (κ1) is 13.6. The Morgan fingerprint density at radius 1 is 1.29 bits per heavy atom. The summed E-state index contributed by atoms with van der Waals surface area (Å²) in [5.41, 5.74) is 3.39. The number of aromatic nitrogens is 2. The Hall–Kier alpha value is -2.36. The number of hydrogen-bond donors (Lipinski definition) is 2. The zero-order valence-electron chi connectivity index (χ0n) is 12.5. The maximum absolute atomic E-state index is 12.2. The van der Waals surface area contributed by atoms with Crippen LogP contribution in [-0.4, -0.2) is 21.9 Å². The van der Waals surface area contributed by atoms with E-state index in [1.807, 2.05) is 45.0 Å². The summed E-state index contributed by atoms with van der Waals surface area (Å²) in [5.74, 6) is -0.110. The Morgan fingerprint density at radius 3 is 2.76 bits per heavy atom. The highest BCUT2D eigenvalue weighted by molar-refractivity contribution is 6.07. The van der Waals surface area contributed by atoms with E-state index in [1.54, 1.807) is 0 Å². The van der Waals surface area contributed by atoms with Gasteiger partial charge in [0, 0.05) is 22.5 Å². The lowest BCUT2D eigenvalue weighted by atomic mass is 10.1. The summed E-state index contributed by atoms with van der Waals surface area (Å²) in [6, 6.07) is 10.2. The van der Waals surface area contributed by atoms with Gasteiger partial charge in [0.2, 0.25) is 0 Å². The molecule has 0 radical (unpaired) electrons. The molecule has 108 valence electrons. The first-order valence-electron chi connectivity index (χ1n) is 7.28. The number of nitrogens with one attached hydrogen (secondary N) is 2. The number of aryl methyl sites for hydroxylation is 1. The summed E-state index contributed by atoms with van der Waals surface area (Å²) in [7, 11) is 0.